The lowest BCUT2D eigenvalue weighted by Gasteiger charge is -2.45. The van der Waals surface area contributed by atoms with Gasteiger partial charge in [-0.1, -0.05) is 0 Å². The van der Waals surface area contributed by atoms with Gasteiger partial charge >= 0.3 is 0 Å². The predicted molar refractivity (Wildman–Crippen MR) is 44.9 cm³/mol. The lowest BCUT2D eigenvalue weighted by molar-refractivity contribution is -0.940. The van der Waals surface area contributed by atoms with Crippen molar-refractivity contribution in [3.05, 3.63) is 0 Å². The highest BCUT2D eigenvalue weighted by Gasteiger charge is 2.33. The zero-order valence-corrected chi connectivity index (χ0v) is 8.86. The van der Waals surface area contributed by atoms with Crippen molar-refractivity contribution in [2.75, 3.05) is 14.1 Å². The lowest BCUT2D eigenvalue weighted by Crippen LogP contribution is -3.00. The smallest absolute Gasteiger partial charge is 0.0859 e. The van der Waals surface area contributed by atoms with Crippen molar-refractivity contribution in [3.63, 3.8) is 0 Å². The molecule has 1 heterocycles. The molecule has 0 aromatic heterocycles. The molecule has 0 amide bonds. The first-order valence-electron chi connectivity index (χ1n) is 4.38. The average molecular weight is 178 g/mol. The van der Waals surface area contributed by atoms with Gasteiger partial charge in [0.2, 0.25) is 0 Å². The number of rotatable bonds is 0. The minimum absolute atomic E-state index is 0. The second kappa shape index (κ2) is 3.77. The maximum atomic E-state index is 2.37. The molecule has 0 spiro atoms. The summed E-state index contributed by atoms with van der Waals surface area (Å²) in [5.74, 6) is 0. The highest BCUT2D eigenvalue weighted by atomic mass is 35.5. The number of hydrogen-bond donors (Lipinski definition) is 0. The number of likely N-dealkylation sites (tertiary alicyclic amines) is 1. The topological polar surface area (TPSA) is 0 Å². The molecular formula is C9H20ClN. The van der Waals surface area contributed by atoms with Gasteiger partial charge in [-0.15, -0.1) is 0 Å². The fraction of sp³-hybridized carbons (Fsp3) is 1.00. The van der Waals surface area contributed by atoms with Crippen LogP contribution in [0.4, 0.5) is 0 Å². The second-order valence-corrected chi connectivity index (χ2v) is 4.26. The molecule has 2 atom stereocenters. The molecule has 1 rings (SSSR count). The Balaban J connectivity index is 0.000001000. The molecule has 2 unspecified atom stereocenters. The van der Waals surface area contributed by atoms with Crippen LogP contribution in [0.15, 0.2) is 0 Å². The van der Waals surface area contributed by atoms with Crippen LogP contribution in [-0.2, 0) is 0 Å². The third-order valence-electron chi connectivity index (χ3n) is 3.52. The van der Waals surface area contributed by atoms with E-state index in [0.29, 0.717) is 0 Å². The Morgan fingerprint density at radius 1 is 1.00 bits per heavy atom. The Bertz CT molecular complexity index is 111. The van der Waals surface area contributed by atoms with E-state index in [4.69, 9.17) is 0 Å². The third-order valence-corrected chi connectivity index (χ3v) is 3.52. The molecule has 0 N–H and O–H groups in total. The molecule has 0 aromatic carbocycles. The van der Waals surface area contributed by atoms with E-state index in [1.807, 2.05) is 0 Å². The van der Waals surface area contributed by atoms with E-state index in [0.717, 1.165) is 12.1 Å². The molecule has 2 heteroatoms. The van der Waals surface area contributed by atoms with Crippen molar-refractivity contribution >= 4 is 0 Å². The van der Waals surface area contributed by atoms with Gasteiger partial charge in [-0.2, -0.15) is 0 Å². The van der Waals surface area contributed by atoms with E-state index < -0.39 is 0 Å². The molecule has 68 valence electrons. The van der Waals surface area contributed by atoms with Crippen molar-refractivity contribution in [2.45, 2.75) is 45.2 Å². The first-order chi connectivity index (χ1) is 4.55. The molecule has 1 aliphatic rings. The van der Waals surface area contributed by atoms with Crippen molar-refractivity contribution in [1.29, 1.82) is 0 Å². The maximum Gasteiger partial charge on any atom is 0.0859 e. The van der Waals surface area contributed by atoms with Crippen LogP contribution in [0.1, 0.15) is 33.1 Å². The van der Waals surface area contributed by atoms with Crippen molar-refractivity contribution in [3.8, 4) is 0 Å². The molecule has 0 bridgehead atoms. The summed E-state index contributed by atoms with van der Waals surface area (Å²) in [6.07, 6.45) is 4.26. The molecular weight excluding hydrogens is 158 g/mol. The Morgan fingerprint density at radius 2 is 1.36 bits per heavy atom. The van der Waals surface area contributed by atoms with Crippen LogP contribution in [0.3, 0.4) is 0 Å². The number of nitrogens with zero attached hydrogens (tertiary/aromatic N) is 1. The zero-order chi connectivity index (χ0) is 7.78. The molecule has 0 aliphatic carbocycles. The molecule has 1 aliphatic heterocycles. The third kappa shape index (κ3) is 2.09. The van der Waals surface area contributed by atoms with Crippen molar-refractivity contribution < 1.29 is 16.9 Å². The number of halogens is 1. The maximum absolute atomic E-state index is 2.37. The van der Waals surface area contributed by atoms with Crippen LogP contribution in [-0.4, -0.2) is 30.7 Å². The Labute approximate surface area is 76.8 Å². The standard InChI is InChI=1S/C9H20N.ClH/c1-8-6-5-7-9(2)10(8,3)4;/h8-9H,5-7H2,1-4H3;1H/q+1;/p-1. The Morgan fingerprint density at radius 3 is 1.64 bits per heavy atom. The van der Waals surface area contributed by atoms with Gasteiger partial charge in [-0.25, -0.2) is 0 Å². The first-order valence-corrected chi connectivity index (χ1v) is 4.38. The normalized spacial score (nSPS) is 36.0. The van der Waals surface area contributed by atoms with Gasteiger partial charge < -0.3 is 16.9 Å². The monoisotopic (exact) mass is 177 g/mol. The second-order valence-electron chi connectivity index (χ2n) is 4.26. The number of piperidine rings is 1. The van der Waals surface area contributed by atoms with Crippen LogP contribution < -0.4 is 12.4 Å². The molecule has 0 aromatic rings. The first kappa shape index (κ1) is 11.2. The summed E-state index contributed by atoms with van der Waals surface area (Å²) in [4.78, 5) is 0. The van der Waals surface area contributed by atoms with E-state index in [-0.39, 0.29) is 12.4 Å². The molecule has 1 fully saturated rings. The van der Waals surface area contributed by atoms with Crippen molar-refractivity contribution in [1.82, 2.24) is 0 Å². The lowest BCUT2D eigenvalue weighted by atomic mass is 9.96. The van der Waals surface area contributed by atoms with Gasteiger partial charge in [0.05, 0.1) is 26.2 Å². The molecule has 1 nitrogen and oxygen atoms in total. The highest BCUT2D eigenvalue weighted by molar-refractivity contribution is 4.64. The molecule has 1 saturated heterocycles. The van der Waals surface area contributed by atoms with Gasteiger partial charge in [-0.05, 0) is 33.1 Å². The number of quaternary nitrogens is 1. The van der Waals surface area contributed by atoms with Crippen LogP contribution in [0.25, 0.3) is 0 Å². The van der Waals surface area contributed by atoms with Crippen LogP contribution in [0, 0.1) is 0 Å². The van der Waals surface area contributed by atoms with Gasteiger partial charge in [0.1, 0.15) is 0 Å². The van der Waals surface area contributed by atoms with Crippen LogP contribution in [0.2, 0.25) is 0 Å². The summed E-state index contributed by atoms with van der Waals surface area (Å²) in [7, 11) is 4.71. The zero-order valence-electron chi connectivity index (χ0n) is 8.10. The fourth-order valence-electron chi connectivity index (χ4n) is 1.81. The summed E-state index contributed by atoms with van der Waals surface area (Å²) >= 11 is 0. The van der Waals surface area contributed by atoms with E-state index in [2.05, 4.69) is 27.9 Å². The fourth-order valence-corrected chi connectivity index (χ4v) is 1.81. The molecule has 0 radical (unpaired) electrons. The van der Waals surface area contributed by atoms with Crippen LogP contribution in [0.5, 0.6) is 0 Å². The minimum atomic E-state index is 0. The SMILES string of the molecule is CC1CCCC(C)[N+]1(C)C.[Cl-]. The van der Waals surface area contributed by atoms with E-state index >= 15 is 0 Å². The van der Waals surface area contributed by atoms with E-state index in [1.165, 1.54) is 23.7 Å². The predicted octanol–water partition coefficient (Wildman–Crippen LogP) is -0.972. The van der Waals surface area contributed by atoms with Crippen molar-refractivity contribution in [2.24, 2.45) is 0 Å². The van der Waals surface area contributed by atoms with Gasteiger partial charge in [0, 0.05) is 0 Å². The largest absolute Gasteiger partial charge is 1.00 e. The minimum Gasteiger partial charge on any atom is -1.00 e. The molecule has 0 saturated carbocycles. The summed E-state index contributed by atoms with van der Waals surface area (Å²) in [5, 5.41) is 0. The van der Waals surface area contributed by atoms with Gasteiger partial charge in [0.15, 0.2) is 0 Å². The average Bonchev–Trinajstić information content (AvgIpc) is 1.84. The van der Waals surface area contributed by atoms with Crippen LogP contribution >= 0.6 is 0 Å². The Hall–Kier alpha value is 0.250. The number of hydrogen-bond acceptors (Lipinski definition) is 0. The molecule has 11 heavy (non-hydrogen) atoms. The van der Waals surface area contributed by atoms with E-state index in [9.17, 15) is 0 Å². The van der Waals surface area contributed by atoms with Gasteiger partial charge in [-0.3, -0.25) is 0 Å². The summed E-state index contributed by atoms with van der Waals surface area (Å²) in [6.45, 7) is 4.74. The summed E-state index contributed by atoms with van der Waals surface area (Å²) < 4.78 is 1.22. The highest BCUT2D eigenvalue weighted by Crippen LogP contribution is 2.26. The summed E-state index contributed by atoms with van der Waals surface area (Å²) in [5.41, 5.74) is 0. The Kier molecular flexibility index (Phi) is 3.86. The quantitative estimate of drug-likeness (QED) is 0.418. The van der Waals surface area contributed by atoms with E-state index in [1.54, 1.807) is 0 Å². The van der Waals surface area contributed by atoms with Gasteiger partial charge in [0.25, 0.3) is 0 Å². The summed E-state index contributed by atoms with van der Waals surface area (Å²) in [6, 6.07) is 1.73.